The van der Waals surface area contributed by atoms with Crippen LogP contribution in [0.4, 0.5) is 0 Å². The summed E-state index contributed by atoms with van der Waals surface area (Å²) in [5.74, 6) is 0. The Morgan fingerprint density at radius 3 is 2.25 bits per heavy atom. The zero-order valence-electron chi connectivity index (χ0n) is 12.1. The van der Waals surface area contributed by atoms with Crippen molar-refractivity contribution in [3.05, 3.63) is 41.5 Å². The summed E-state index contributed by atoms with van der Waals surface area (Å²) in [5, 5.41) is 0. The molecule has 3 rings (SSSR count). The molecule has 1 spiro atoms. The lowest BCUT2D eigenvalue weighted by Gasteiger charge is -2.39. The molecule has 0 amide bonds. The van der Waals surface area contributed by atoms with E-state index in [1.165, 1.54) is 6.42 Å². The first-order chi connectivity index (χ1) is 9.50. The standard InChI is InChI=1S/C16H21NO2S/c1-13-15(14-9-5-3-6-10-14)20(18,19)17(2)16(13)11-7-4-8-12-16/h3,5-6,9-10H,4,7-8,11-12H2,1-2H3. The van der Waals surface area contributed by atoms with E-state index in [0.717, 1.165) is 36.8 Å². The van der Waals surface area contributed by atoms with Crippen LogP contribution < -0.4 is 0 Å². The molecule has 4 heteroatoms. The van der Waals surface area contributed by atoms with Gasteiger partial charge in [0.25, 0.3) is 0 Å². The monoisotopic (exact) mass is 291 g/mol. The maximum Gasteiger partial charge on any atom is 0.244 e. The molecule has 1 aliphatic carbocycles. The van der Waals surface area contributed by atoms with E-state index in [1.54, 1.807) is 11.4 Å². The minimum Gasteiger partial charge on any atom is -0.207 e. The number of hydrogen-bond acceptors (Lipinski definition) is 2. The second-order valence-electron chi connectivity index (χ2n) is 5.88. The van der Waals surface area contributed by atoms with Crippen molar-refractivity contribution in [3.63, 3.8) is 0 Å². The third-order valence-corrected chi connectivity index (χ3v) is 7.10. The van der Waals surface area contributed by atoms with Crippen molar-refractivity contribution in [3.8, 4) is 0 Å². The van der Waals surface area contributed by atoms with Gasteiger partial charge in [0.15, 0.2) is 0 Å². The zero-order valence-corrected chi connectivity index (χ0v) is 12.9. The number of nitrogens with zero attached hydrogens (tertiary/aromatic N) is 1. The molecule has 1 saturated carbocycles. The molecular formula is C16H21NO2S. The lowest BCUT2D eigenvalue weighted by atomic mass is 9.76. The zero-order chi connectivity index (χ0) is 14.4. The molecule has 0 saturated heterocycles. The predicted octanol–water partition coefficient (Wildman–Crippen LogP) is 3.40. The van der Waals surface area contributed by atoms with Gasteiger partial charge in [-0.15, -0.1) is 0 Å². The quantitative estimate of drug-likeness (QED) is 0.795. The molecule has 1 aromatic rings. The molecule has 1 heterocycles. The van der Waals surface area contributed by atoms with E-state index in [2.05, 4.69) is 0 Å². The van der Waals surface area contributed by atoms with Crippen LogP contribution in [0.3, 0.4) is 0 Å². The SMILES string of the molecule is CC1=C(c2ccccc2)S(=O)(=O)N(C)C12CCCCC2. The van der Waals surface area contributed by atoms with E-state index in [-0.39, 0.29) is 5.54 Å². The third-order valence-electron chi connectivity index (χ3n) is 4.98. The van der Waals surface area contributed by atoms with E-state index in [0.29, 0.717) is 4.91 Å². The van der Waals surface area contributed by atoms with Gasteiger partial charge in [-0.1, -0.05) is 49.6 Å². The molecule has 0 atom stereocenters. The molecule has 0 bridgehead atoms. The Balaban J connectivity index is 2.20. The van der Waals surface area contributed by atoms with Gasteiger partial charge in [-0.3, -0.25) is 0 Å². The van der Waals surface area contributed by atoms with Crippen LogP contribution in [-0.2, 0) is 10.0 Å². The average Bonchev–Trinajstić information content (AvgIpc) is 2.60. The molecule has 108 valence electrons. The number of benzene rings is 1. The highest BCUT2D eigenvalue weighted by atomic mass is 32.2. The van der Waals surface area contributed by atoms with Gasteiger partial charge in [-0.2, -0.15) is 4.31 Å². The largest absolute Gasteiger partial charge is 0.244 e. The number of rotatable bonds is 1. The van der Waals surface area contributed by atoms with E-state index in [4.69, 9.17) is 0 Å². The summed E-state index contributed by atoms with van der Waals surface area (Å²) >= 11 is 0. The Hall–Kier alpha value is -1.13. The summed E-state index contributed by atoms with van der Waals surface area (Å²) in [6.45, 7) is 2.01. The number of likely N-dealkylation sites (N-methyl/N-ethyl adjacent to an activating group) is 1. The predicted molar refractivity (Wildman–Crippen MR) is 81.5 cm³/mol. The Bertz CT molecular complexity index is 640. The van der Waals surface area contributed by atoms with Crippen LogP contribution in [0.2, 0.25) is 0 Å². The van der Waals surface area contributed by atoms with Gasteiger partial charge in [0.1, 0.15) is 0 Å². The van der Waals surface area contributed by atoms with Gasteiger partial charge in [0, 0.05) is 7.05 Å². The van der Waals surface area contributed by atoms with Crippen molar-refractivity contribution in [2.75, 3.05) is 7.05 Å². The highest BCUT2D eigenvalue weighted by Gasteiger charge is 2.52. The molecule has 1 aliphatic heterocycles. The molecule has 0 unspecified atom stereocenters. The maximum absolute atomic E-state index is 12.8. The van der Waals surface area contributed by atoms with Gasteiger partial charge >= 0.3 is 0 Å². The van der Waals surface area contributed by atoms with Gasteiger partial charge in [0.2, 0.25) is 10.0 Å². The lowest BCUT2D eigenvalue weighted by molar-refractivity contribution is 0.200. The Kier molecular flexibility index (Phi) is 3.26. The molecule has 3 nitrogen and oxygen atoms in total. The molecule has 1 fully saturated rings. The van der Waals surface area contributed by atoms with Gasteiger partial charge in [-0.25, -0.2) is 8.42 Å². The van der Waals surface area contributed by atoms with Crippen LogP contribution >= 0.6 is 0 Å². The Morgan fingerprint density at radius 1 is 1.05 bits per heavy atom. The first-order valence-corrected chi connectivity index (χ1v) is 8.70. The van der Waals surface area contributed by atoms with Crippen LogP contribution in [0.25, 0.3) is 4.91 Å². The van der Waals surface area contributed by atoms with E-state index >= 15 is 0 Å². The topological polar surface area (TPSA) is 37.4 Å². The summed E-state index contributed by atoms with van der Waals surface area (Å²) in [6, 6.07) is 9.51. The van der Waals surface area contributed by atoms with Crippen molar-refractivity contribution >= 4 is 14.9 Å². The average molecular weight is 291 g/mol. The second-order valence-corrected chi connectivity index (χ2v) is 7.79. The molecule has 20 heavy (non-hydrogen) atoms. The van der Waals surface area contributed by atoms with Gasteiger partial charge in [0.05, 0.1) is 10.4 Å². The second kappa shape index (κ2) is 4.71. The molecule has 0 aromatic heterocycles. The van der Waals surface area contributed by atoms with Crippen LogP contribution in [0.5, 0.6) is 0 Å². The molecule has 0 radical (unpaired) electrons. The molecule has 1 aromatic carbocycles. The minimum atomic E-state index is -3.36. The van der Waals surface area contributed by atoms with Gasteiger partial charge < -0.3 is 0 Å². The number of sulfonamides is 1. The summed E-state index contributed by atoms with van der Waals surface area (Å²) < 4.78 is 27.3. The highest BCUT2D eigenvalue weighted by Crippen LogP contribution is 2.50. The summed E-state index contributed by atoms with van der Waals surface area (Å²) in [5.41, 5.74) is 1.58. The minimum absolute atomic E-state index is 0.276. The van der Waals surface area contributed by atoms with Crippen molar-refractivity contribution in [1.29, 1.82) is 0 Å². The van der Waals surface area contributed by atoms with Crippen molar-refractivity contribution < 1.29 is 8.42 Å². The number of hydrogen-bond donors (Lipinski definition) is 0. The molecule has 0 N–H and O–H groups in total. The van der Waals surface area contributed by atoms with Crippen LogP contribution in [-0.4, -0.2) is 25.3 Å². The van der Waals surface area contributed by atoms with Crippen molar-refractivity contribution in [1.82, 2.24) is 4.31 Å². The summed E-state index contributed by atoms with van der Waals surface area (Å²) in [4.78, 5) is 0.530. The Morgan fingerprint density at radius 2 is 1.65 bits per heavy atom. The fourth-order valence-corrected chi connectivity index (χ4v) is 5.85. The van der Waals surface area contributed by atoms with Crippen LogP contribution in [0.15, 0.2) is 35.9 Å². The van der Waals surface area contributed by atoms with Crippen molar-refractivity contribution in [2.45, 2.75) is 44.6 Å². The first kappa shape index (κ1) is 13.8. The third kappa shape index (κ3) is 1.78. The fourth-order valence-electron chi connectivity index (χ4n) is 3.79. The van der Waals surface area contributed by atoms with Crippen molar-refractivity contribution in [2.24, 2.45) is 0 Å². The lowest BCUT2D eigenvalue weighted by Crippen LogP contribution is -2.46. The van der Waals surface area contributed by atoms with Crippen LogP contribution in [0.1, 0.15) is 44.6 Å². The fraction of sp³-hybridized carbons (Fsp3) is 0.500. The molecular weight excluding hydrogens is 270 g/mol. The summed E-state index contributed by atoms with van der Waals surface area (Å²) in [6.07, 6.45) is 5.33. The summed E-state index contributed by atoms with van der Waals surface area (Å²) in [7, 11) is -1.61. The molecule has 2 aliphatic rings. The van der Waals surface area contributed by atoms with E-state index in [9.17, 15) is 8.42 Å². The Labute approximate surface area is 121 Å². The maximum atomic E-state index is 12.8. The first-order valence-electron chi connectivity index (χ1n) is 7.26. The van der Waals surface area contributed by atoms with E-state index in [1.807, 2.05) is 37.3 Å². The van der Waals surface area contributed by atoms with E-state index < -0.39 is 10.0 Å². The highest BCUT2D eigenvalue weighted by molar-refractivity contribution is 7.98. The van der Waals surface area contributed by atoms with Gasteiger partial charge in [-0.05, 0) is 30.9 Å². The normalized spacial score (nSPS) is 25.3. The van der Waals surface area contributed by atoms with Crippen LogP contribution in [0, 0.1) is 0 Å². The smallest absolute Gasteiger partial charge is 0.207 e.